The Morgan fingerprint density at radius 1 is 0.677 bits per heavy atom. The highest BCUT2D eigenvalue weighted by Gasteiger charge is 2.15. The first-order valence-corrected chi connectivity index (χ1v) is 9.65. The van der Waals surface area contributed by atoms with Gasteiger partial charge in [-0.25, -0.2) is 0 Å². The van der Waals surface area contributed by atoms with Gasteiger partial charge in [-0.15, -0.1) is 0 Å². The van der Waals surface area contributed by atoms with Gasteiger partial charge in [-0.1, -0.05) is 0 Å². The van der Waals surface area contributed by atoms with Crippen LogP contribution in [0.5, 0.6) is 17.2 Å². The molecule has 0 aliphatic carbocycles. The summed E-state index contributed by atoms with van der Waals surface area (Å²) in [6.07, 6.45) is -0.702. The van der Waals surface area contributed by atoms with E-state index in [0.29, 0.717) is 34.2 Å². The SMILES string of the molecule is COc1ccc(NC(=O)c2ccc(NC(=O)C(C)Oc3ccc(OC)cc3)cc2)cc1. The minimum Gasteiger partial charge on any atom is -0.497 e. The molecule has 0 saturated carbocycles. The second-order valence-corrected chi connectivity index (χ2v) is 6.68. The molecule has 0 spiro atoms. The van der Waals surface area contributed by atoms with Crippen molar-refractivity contribution in [3.8, 4) is 17.2 Å². The second kappa shape index (κ2) is 10.2. The lowest BCUT2D eigenvalue weighted by atomic mass is 10.2. The molecule has 2 N–H and O–H groups in total. The number of carbonyl (C=O) groups is 2. The fourth-order valence-corrected chi connectivity index (χ4v) is 2.74. The Morgan fingerprint density at radius 3 is 1.68 bits per heavy atom. The molecule has 0 aromatic heterocycles. The van der Waals surface area contributed by atoms with Gasteiger partial charge in [0.05, 0.1) is 14.2 Å². The van der Waals surface area contributed by atoms with Crippen LogP contribution in [0.3, 0.4) is 0 Å². The van der Waals surface area contributed by atoms with E-state index in [4.69, 9.17) is 14.2 Å². The number of nitrogens with one attached hydrogen (secondary N) is 2. The number of carbonyl (C=O) groups excluding carboxylic acids is 2. The predicted molar refractivity (Wildman–Crippen MR) is 119 cm³/mol. The summed E-state index contributed by atoms with van der Waals surface area (Å²) in [5, 5.41) is 5.59. The third kappa shape index (κ3) is 5.99. The van der Waals surface area contributed by atoms with Crippen LogP contribution in [0, 0.1) is 0 Å². The van der Waals surface area contributed by atoms with Gasteiger partial charge < -0.3 is 24.8 Å². The van der Waals surface area contributed by atoms with Gasteiger partial charge in [-0.2, -0.15) is 0 Å². The van der Waals surface area contributed by atoms with E-state index < -0.39 is 6.10 Å². The zero-order valence-electron chi connectivity index (χ0n) is 17.5. The van der Waals surface area contributed by atoms with Crippen LogP contribution in [0.15, 0.2) is 72.8 Å². The van der Waals surface area contributed by atoms with Crippen molar-refractivity contribution in [2.75, 3.05) is 24.9 Å². The highest BCUT2D eigenvalue weighted by atomic mass is 16.5. The van der Waals surface area contributed by atoms with Crippen LogP contribution in [-0.2, 0) is 4.79 Å². The molecule has 3 rings (SSSR count). The molecule has 31 heavy (non-hydrogen) atoms. The Morgan fingerprint density at radius 2 is 1.13 bits per heavy atom. The molecule has 160 valence electrons. The van der Waals surface area contributed by atoms with Crippen molar-refractivity contribution >= 4 is 23.2 Å². The van der Waals surface area contributed by atoms with Crippen LogP contribution in [0.4, 0.5) is 11.4 Å². The standard InChI is InChI=1S/C24H24N2O5/c1-16(31-22-14-12-21(30-3)13-15-22)23(27)25-18-6-4-17(5-7-18)24(28)26-19-8-10-20(29-2)11-9-19/h4-16H,1-3H3,(H,25,27)(H,26,28). The largest absolute Gasteiger partial charge is 0.497 e. The molecule has 7 nitrogen and oxygen atoms in total. The van der Waals surface area contributed by atoms with Crippen LogP contribution in [0.1, 0.15) is 17.3 Å². The number of hydrogen-bond acceptors (Lipinski definition) is 5. The quantitative estimate of drug-likeness (QED) is 0.565. The topological polar surface area (TPSA) is 85.9 Å². The average molecular weight is 420 g/mol. The lowest BCUT2D eigenvalue weighted by molar-refractivity contribution is -0.122. The van der Waals surface area contributed by atoms with Crippen LogP contribution < -0.4 is 24.8 Å². The maximum Gasteiger partial charge on any atom is 0.265 e. The maximum atomic E-state index is 12.4. The first kappa shape index (κ1) is 21.7. The fraction of sp³-hybridized carbons (Fsp3) is 0.167. The van der Waals surface area contributed by atoms with Crippen LogP contribution in [0.25, 0.3) is 0 Å². The number of rotatable bonds is 8. The molecule has 7 heteroatoms. The van der Waals surface area contributed by atoms with Gasteiger partial charge in [0.2, 0.25) is 0 Å². The molecule has 1 atom stereocenters. The van der Waals surface area contributed by atoms with Gasteiger partial charge in [0.1, 0.15) is 17.2 Å². The zero-order chi connectivity index (χ0) is 22.2. The highest BCUT2D eigenvalue weighted by Crippen LogP contribution is 2.19. The van der Waals surface area contributed by atoms with Crippen molar-refractivity contribution in [2.45, 2.75) is 13.0 Å². The van der Waals surface area contributed by atoms with Crippen molar-refractivity contribution in [1.29, 1.82) is 0 Å². The van der Waals surface area contributed by atoms with Gasteiger partial charge >= 0.3 is 0 Å². The van der Waals surface area contributed by atoms with E-state index in [-0.39, 0.29) is 11.8 Å². The third-order valence-electron chi connectivity index (χ3n) is 4.50. The highest BCUT2D eigenvalue weighted by molar-refractivity contribution is 6.04. The molecule has 1 unspecified atom stereocenters. The van der Waals surface area contributed by atoms with Crippen molar-refractivity contribution in [2.24, 2.45) is 0 Å². The Bertz CT molecular complexity index is 1020. The number of methoxy groups -OCH3 is 2. The molecule has 0 fully saturated rings. The Labute approximate surface area is 180 Å². The normalized spacial score (nSPS) is 11.2. The van der Waals surface area contributed by atoms with E-state index in [0.717, 1.165) is 0 Å². The van der Waals surface area contributed by atoms with Gasteiger partial charge in [-0.3, -0.25) is 9.59 Å². The van der Waals surface area contributed by atoms with E-state index in [2.05, 4.69) is 10.6 Å². The number of benzene rings is 3. The number of anilines is 2. The summed E-state index contributed by atoms with van der Waals surface area (Å²) in [7, 11) is 3.17. The van der Waals surface area contributed by atoms with E-state index in [1.807, 2.05) is 0 Å². The summed E-state index contributed by atoms with van der Waals surface area (Å²) in [4.78, 5) is 24.8. The van der Waals surface area contributed by atoms with Crippen LogP contribution >= 0.6 is 0 Å². The summed E-state index contributed by atoms with van der Waals surface area (Å²) in [6, 6.07) is 20.7. The molecular formula is C24H24N2O5. The number of amides is 2. The van der Waals surface area contributed by atoms with E-state index in [9.17, 15) is 9.59 Å². The summed E-state index contributed by atoms with van der Waals surface area (Å²) in [5.74, 6) is 1.43. The predicted octanol–water partition coefficient (Wildman–Crippen LogP) is 4.36. The monoisotopic (exact) mass is 420 g/mol. The molecular weight excluding hydrogens is 396 g/mol. The van der Waals surface area contributed by atoms with Crippen molar-refractivity contribution in [3.05, 3.63) is 78.4 Å². The fourth-order valence-electron chi connectivity index (χ4n) is 2.74. The van der Waals surface area contributed by atoms with Gasteiger partial charge in [0.25, 0.3) is 11.8 Å². The Hall–Kier alpha value is -4.00. The molecule has 3 aromatic rings. The molecule has 2 amide bonds. The van der Waals surface area contributed by atoms with E-state index in [1.165, 1.54) is 0 Å². The Kier molecular flexibility index (Phi) is 7.11. The van der Waals surface area contributed by atoms with Gasteiger partial charge in [-0.05, 0) is 79.7 Å². The molecule has 3 aromatic carbocycles. The van der Waals surface area contributed by atoms with Crippen molar-refractivity contribution < 1.29 is 23.8 Å². The van der Waals surface area contributed by atoms with Gasteiger partial charge in [0.15, 0.2) is 6.10 Å². The summed E-state index contributed by atoms with van der Waals surface area (Å²) in [5.41, 5.74) is 1.69. The first-order chi connectivity index (χ1) is 15.0. The number of ether oxygens (including phenoxy) is 3. The lowest BCUT2D eigenvalue weighted by Crippen LogP contribution is -2.30. The minimum absolute atomic E-state index is 0.251. The van der Waals surface area contributed by atoms with E-state index in [1.54, 1.807) is 93.9 Å². The summed E-state index contributed by atoms with van der Waals surface area (Å²) >= 11 is 0. The van der Waals surface area contributed by atoms with E-state index >= 15 is 0 Å². The van der Waals surface area contributed by atoms with Gasteiger partial charge in [0, 0.05) is 16.9 Å². The molecule has 0 radical (unpaired) electrons. The summed E-state index contributed by atoms with van der Waals surface area (Å²) in [6.45, 7) is 1.66. The zero-order valence-corrected chi connectivity index (χ0v) is 17.5. The molecule has 0 bridgehead atoms. The summed E-state index contributed by atoms with van der Waals surface area (Å²) < 4.78 is 15.9. The second-order valence-electron chi connectivity index (χ2n) is 6.68. The van der Waals surface area contributed by atoms with Crippen molar-refractivity contribution in [1.82, 2.24) is 0 Å². The molecule has 0 aliphatic rings. The first-order valence-electron chi connectivity index (χ1n) is 9.65. The molecule has 0 aliphatic heterocycles. The third-order valence-corrected chi connectivity index (χ3v) is 4.50. The number of hydrogen-bond donors (Lipinski definition) is 2. The average Bonchev–Trinajstić information content (AvgIpc) is 2.80. The lowest BCUT2D eigenvalue weighted by Gasteiger charge is -2.15. The maximum absolute atomic E-state index is 12.4. The molecule has 0 saturated heterocycles. The molecule has 0 heterocycles. The smallest absolute Gasteiger partial charge is 0.265 e. The Balaban J connectivity index is 1.54. The van der Waals surface area contributed by atoms with Crippen LogP contribution in [-0.4, -0.2) is 32.1 Å². The van der Waals surface area contributed by atoms with Crippen LogP contribution in [0.2, 0.25) is 0 Å². The minimum atomic E-state index is -0.702. The van der Waals surface area contributed by atoms with Crippen molar-refractivity contribution in [3.63, 3.8) is 0 Å².